The molecule has 1 aliphatic rings. The van der Waals surface area contributed by atoms with Gasteiger partial charge >= 0.3 is 5.97 Å². The number of nitrogens with one attached hydrogen (secondary N) is 2. The Bertz CT molecular complexity index is 1310. The second kappa shape index (κ2) is 14.1. The third kappa shape index (κ3) is 9.37. The van der Waals surface area contributed by atoms with Crippen molar-refractivity contribution in [1.82, 2.24) is 10.2 Å². The predicted molar refractivity (Wildman–Crippen MR) is 155 cm³/mol. The molecule has 0 bridgehead atoms. The van der Waals surface area contributed by atoms with Gasteiger partial charge in [-0.1, -0.05) is 35.3 Å². The van der Waals surface area contributed by atoms with E-state index in [1.54, 1.807) is 6.92 Å². The minimum atomic E-state index is -1.25. The number of phenolic OH excluding ortho intramolecular Hbond substituents is 1. The molecule has 12 heteroatoms. The first-order valence-electron chi connectivity index (χ1n) is 13.2. The van der Waals surface area contributed by atoms with Crippen LogP contribution in [0.15, 0.2) is 59.2 Å². The van der Waals surface area contributed by atoms with E-state index in [0.717, 1.165) is 37.5 Å². The fourth-order valence-corrected chi connectivity index (χ4v) is 4.62. The average molecular weight is 607 g/mol. The maximum Gasteiger partial charge on any atom is 0.374 e. The summed E-state index contributed by atoms with van der Waals surface area (Å²) in [6.07, 6.45) is 3.20. The number of anilines is 1. The number of esters is 1. The van der Waals surface area contributed by atoms with Crippen molar-refractivity contribution in [3.05, 3.63) is 76.2 Å². The normalized spacial score (nSPS) is 15.7. The van der Waals surface area contributed by atoms with Crippen molar-refractivity contribution < 1.29 is 33.7 Å². The SMILES string of the molecule is C[C@](O)(CNC1CCN(Cc2ccc(Cl)cc2)CC1)COc1cc(O)c(Cl)cc1NC(=O)COC(=O)c1ccco1. The number of furan rings is 1. The van der Waals surface area contributed by atoms with Gasteiger partial charge in [0.1, 0.15) is 23.7 Å². The highest BCUT2D eigenvalue weighted by Crippen LogP contribution is 2.36. The first kappa shape index (κ1) is 30.7. The Morgan fingerprint density at radius 2 is 1.88 bits per heavy atom. The van der Waals surface area contributed by atoms with Crippen LogP contribution in [-0.2, 0) is 16.1 Å². The monoisotopic (exact) mass is 605 g/mol. The van der Waals surface area contributed by atoms with Crippen molar-refractivity contribution in [3.8, 4) is 11.5 Å². The second-order valence-electron chi connectivity index (χ2n) is 10.2. The lowest BCUT2D eigenvalue weighted by Crippen LogP contribution is -2.49. The van der Waals surface area contributed by atoms with Crippen LogP contribution in [-0.4, -0.2) is 71.5 Å². The summed E-state index contributed by atoms with van der Waals surface area (Å²) < 4.78 is 15.7. The zero-order chi connectivity index (χ0) is 29.4. The van der Waals surface area contributed by atoms with Crippen LogP contribution < -0.4 is 15.4 Å². The van der Waals surface area contributed by atoms with E-state index >= 15 is 0 Å². The number of likely N-dealkylation sites (tertiary alicyclic amines) is 1. The van der Waals surface area contributed by atoms with E-state index in [9.17, 15) is 19.8 Å². The number of amides is 1. The molecule has 1 amide bonds. The number of piperidine rings is 1. The molecule has 1 aliphatic heterocycles. The van der Waals surface area contributed by atoms with Crippen LogP contribution in [0.25, 0.3) is 0 Å². The highest BCUT2D eigenvalue weighted by atomic mass is 35.5. The van der Waals surface area contributed by atoms with Gasteiger partial charge in [-0.3, -0.25) is 9.69 Å². The minimum Gasteiger partial charge on any atom is -0.506 e. The van der Waals surface area contributed by atoms with Crippen LogP contribution in [0.2, 0.25) is 10.0 Å². The van der Waals surface area contributed by atoms with E-state index in [1.807, 2.05) is 24.3 Å². The summed E-state index contributed by atoms with van der Waals surface area (Å²) in [6.45, 7) is 3.93. The van der Waals surface area contributed by atoms with Gasteiger partial charge in [0.25, 0.3) is 5.91 Å². The first-order chi connectivity index (χ1) is 19.6. The molecule has 0 unspecified atom stereocenters. The summed E-state index contributed by atoms with van der Waals surface area (Å²) in [5, 5.41) is 27.7. The number of phenols is 1. The zero-order valence-electron chi connectivity index (χ0n) is 22.6. The largest absolute Gasteiger partial charge is 0.506 e. The van der Waals surface area contributed by atoms with Crippen molar-refractivity contribution in [2.75, 3.05) is 38.2 Å². The third-order valence-electron chi connectivity index (χ3n) is 6.60. The topological polar surface area (TPSA) is 134 Å². The molecule has 0 saturated carbocycles. The second-order valence-corrected chi connectivity index (χ2v) is 11.1. The van der Waals surface area contributed by atoms with Gasteiger partial charge in [0.05, 0.1) is 17.0 Å². The van der Waals surface area contributed by atoms with Crippen LogP contribution in [0.1, 0.15) is 35.9 Å². The summed E-state index contributed by atoms with van der Waals surface area (Å²) in [4.78, 5) is 26.7. The molecule has 1 saturated heterocycles. The lowest BCUT2D eigenvalue weighted by molar-refractivity contribution is -0.119. The number of aromatic hydroxyl groups is 1. The maximum atomic E-state index is 12.4. The number of benzene rings is 2. The van der Waals surface area contributed by atoms with E-state index in [-0.39, 0.29) is 47.2 Å². The standard InChI is InChI=1S/C29H33Cl2N3O7/c1-29(38,17-32-21-8-10-34(11-9-21)15-19-4-6-20(30)7-5-19)18-41-26-14-24(35)22(31)13-23(26)33-27(36)16-40-28(37)25-3-2-12-39-25/h2-7,12-14,21,32,35,38H,8-11,15-18H2,1H3,(H,33,36)/t29-/m0/s1. The molecule has 0 spiro atoms. The van der Waals surface area contributed by atoms with Crippen molar-refractivity contribution in [2.45, 2.75) is 38.0 Å². The van der Waals surface area contributed by atoms with E-state index in [0.29, 0.717) is 0 Å². The van der Waals surface area contributed by atoms with Crippen molar-refractivity contribution >= 4 is 40.8 Å². The highest BCUT2D eigenvalue weighted by Gasteiger charge is 2.26. The molecule has 41 heavy (non-hydrogen) atoms. The number of hydrogen-bond donors (Lipinski definition) is 4. The molecular weight excluding hydrogens is 573 g/mol. The van der Waals surface area contributed by atoms with Gasteiger partial charge in [-0.15, -0.1) is 0 Å². The van der Waals surface area contributed by atoms with Gasteiger partial charge in [-0.25, -0.2) is 4.79 Å². The minimum absolute atomic E-state index is 0.0175. The predicted octanol–water partition coefficient (Wildman–Crippen LogP) is 4.47. The summed E-state index contributed by atoms with van der Waals surface area (Å²) in [5.74, 6) is -1.65. The van der Waals surface area contributed by atoms with Gasteiger partial charge < -0.3 is 34.7 Å². The summed E-state index contributed by atoms with van der Waals surface area (Å²) in [7, 11) is 0. The maximum absolute atomic E-state index is 12.4. The van der Waals surface area contributed by atoms with E-state index < -0.39 is 24.1 Å². The lowest BCUT2D eigenvalue weighted by Gasteiger charge is -2.34. The summed E-state index contributed by atoms with van der Waals surface area (Å²) in [6, 6.07) is 13.6. The number of aliphatic hydroxyl groups is 1. The Morgan fingerprint density at radius 3 is 2.56 bits per heavy atom. The van der Waals surface area contributed by atoms with Crippen LogP contribution in [0, 0.1) is 0 Å². The fourth-order valence-electron chi connectivity index (χ4n) is 4.33. The van der Waals surface area contributed by atoms with Crippen molar-refractivity contribution in [2.24, 2.45) is 0 Å². The molecule has 1 aromatic heterocycles. The molecule has 2 aromatic carbocycles. The van der Waals surface area contributed by atoms with Crippen LogP contribution in [0.4, 0.5) is 5.69 Å². The van der Waals surface area contributed by atoms with Gasteiger partial charge in [-0.2, -0.15) is 0 Å². The fraction of sp³-hybridized carbons (Fsp3) is 0.379. The quantitative estimate of drug-likeness (QED) is 0.174. The molecule has 4 rings (SSSR count). The van der Waals surface area contributed by atoms with Crippen LogP contribution >= 0.6 is 23.2 Å². The smallest absolute Gasteiger partial charge is 0.374 e. The number of nitrogens with zero attached hydrogens (tertiary/aromatic N) is 1. The summed E-state index contributed by atoms with van der Waals surface area (Å²) in [5.41, 5.74) is 0.110. The Morgan fingerprint density at radius 1 is 1.15 bits per heavy atom. The zero-order valence-corrected chi connectivity index (χ0v) is 24.1. The first-order valence-corrected chi connectivity index (χ1v) is 13.9. The molecule has 10 nitrogen and oxygen atoms in total. The molecule has 1 atom stereocenters. The Balaban J connectivity index is 1.24. The van der Waals surface area contributed by atoms with Crippen LogP contribution in [0.3, 0.4) is 0 Å². The Kier molecular flexibility index (Phi) is 10.5. The molecule has 4 N–H and O–H groups in total. The molecule has 0 aliphatic carbocycles. The molecule has 1 fully saturated rings. The summed E-state index contributed by atoms with van der Waals surface area (Å²) >= 11 is 12.0. The van der Waals surface area contributed by atoms with E-state index in [2.05, 4.69) is 15.5 Å². The van der Waals surface area contributed by atoms with Gasteiger partial charge in [-0.05, 0) is 68.8 Å². The van der Waals surface area contributed by atoms with E-state index in [4.69, 9.17) is 37.1 Å². The number of rotatable bonds is 12. The van der Waals surface area contributed by atoms with Gasteiger partial charge in [0.2, 0.25) is 5.76 Å². The number of hydrogen-bond acceptors (Lipinski definition) is 9. The lowest BCUT2D eigenvalue weighted by atomic mass is 10.0. The third-order valence-corrected chi connectivity index (χ3v) is 7.15. The number of carbonyl (C=O) groups is 2. The van der Waals surface area contributed by atoms with Crippen molar-refractivity contribution in [1.29, 1.82) is 0 Å². The Labute approximate surface area is 248 Å². The highest BCUT2D eigenvalue weighted by molar-refractivity contribution is 6.32. The molecule has 0 radical (unpaired) electrons. The van der Waals surface area contributed by atoms with Gasteiger partial charge in [0, 0.05) is 30.2 Å². The molecular formula is C29H33Cl2N3O7. The molecule has 3 aromatic rings. The molecule has 220 valence electrons. The number of ether oxygens (including phenoxy) is 2. The Hall–Kier alpha value is -3.28. The van der Waals surface area contributed by atoms with Gasteiger partial charge in [0.15, 0.2) is 6.61 Å². The average Bonchev–Trinajstić information content (AvgIpc) is 3.49. The van der Waals surface area contributed by atoms with Crippen LogP contribution in [0.5, 0.6) is 11.5 Å². The number of halogens is 2. The number of carbonyl (C=O) groups excluding carboxylic acids is 2. The molecule has 2 heterocycles. The van der Waals surface area contributed by atoms with Crippen molar-refractivity contribution in [3.63, 3.8) is 0 Å². The van der Waals surface area contributed by atoms with E-state index in [1.165, 1.54) is 36.1 Å².